The van der Waals surface area contributed by atoms with Gasteiger partial charge < -0.3 is 15.2 Å². The first kappa shape index (κ1) is 24.0. The second kappa shape index (κ2) is 8.90. The lowest BCUT2D eigenvalue weighted by Crippen LogP contribution is -2.39. The molecule has 35 heavy (non-hydrogen) atoms. The van der Waals surface area contributed by atoms with Gasteiger partial charge >= 0.3 is 6.18 Å². The average molecular weight is 488 g/mol. The van der Waals surface area contributed by atoms with Crippen LogP contribution in [0.15, 0.2) is 30.3 Å². The van der Waals surface area contributed by atoms with Crippen LogP contribution >= 0.6 is 0 Å². The van der Waals surface area contributed by atoms with E-state index in [1.807, 2.05) is 0 Å². The molecule has 0 aliphatic carbocycles. The van der Waals surface area contributed by atoms with Crippen LogP contribution in [0.25, 0.3) is 11.3 Å². The highest BCUT2D eigenvalue weighted by Gasteiger charge is 2.40. The molecule has 4 rings (SSSR count). The lowest BCUT2D eigenvalue weighted by atomic mass is 10.0. The molecule has 0 unspecified atom stereocenters. The van der Waals surface area contributed by atoms with E-state index in [2.05, 4.69) is 20.5 Å². The van der Waals surface area contributed by atoms with Gasteiger partial charge in [-0.15, -0.1) is 0 Å². The van der Waals surface area contributed by atoms with Crippen LogP contribution in [0.1, 0.15) is 40.8 Å². The molecule has 182 valence electrons. The first-order valence-corrected chi connectivity index (χ1v) is 10.6. The van der Waals surface area contributed by atoms with Crippen molar-refractivity contribution in [3.05, 3.63) is 58.8 Å². The summed E-state index contributed by atoms with van der Waals surface area (Å²) in [5, 5.41) is 17.3. The number of likely N-dealkylation sites (tertiary alicyclic amines) is 1. The quantitative estimate of drug-likeness (QED) is 0.477. The van der Waals surface area contributed by atoms with Crippen molar-refractivity contribution >= 4 is 17.5 Å². The summed E-state index contributed by atoms with van der Waals surface area (Å²) in [7, 11) is 0. The van der Waals surface area contributed by atoms with Crippen LogP contribution < -0.4 is 5.32 Å². The predicted molar refractivity (Wildman–Crippen MR) is 116 cm³/mol. The Kier molecular flexibility index (Phi) is 6.10. The smallest absolute Gasteiger partial charge is 0.350 e. The number of carbonyl (C=O) groups excluding carboxylic acids is 2. The van der Waals surface area contributed by atoms with E-state index in [1.54, 1.807) is 13.0 Å². The van der Waals surface area contributed by atoms with Gasteiger partial charge in [-0.3, -0.25) is 14.7 Å². The number of rotatable bonds is 4. The van der Waals surface area contributed by atoms with Gasteiger partial charge in [0.1, 0.15) is 17.6 Å². The fourth-order valence-electron chi connectivity index (χ4n) is 4.28. The largest absolute Gasteiger partial charge is 0.435 e. The Morgan fingerprint density at radius 1 is 1.26 bits per heavy atom. The zero-order valence-corrected chi connectivity index (χ0v) is 18.6. The van der Waals surface area contributed by atoms with E-state index < -0.39 is 35.6 Å². The summed E-state index contributed by atoms with van der Waals surface area (Å²) in [5.74, 6) is -2.12. The summed E-state index contributed by atoms with van der Waals surface area (Å²) in [5.41, 5.74) is -0.818. The van der Waals surface area contributed by atoms with E-state index in [9.17, 15) is 27.2 Å². The van der Waals surface area contributed by atoms with Crippen LogP contribution in [-0.4, -0.2) is 44.5 Å². The van der Waals surface area contributed by atoms with Crippen molar-refractivity contribution in [2.24, 2.45) is 5.92 Å². The number of carbonyl (C=O) groups is 2. The van der Waals surface area contributed by atoms with Gasteiger partial charge in [0.25, 0.3) is 5.91 Å². The first-order valence-electron chi connectivity index (χ1n) is 10.6. The third-order valence-corrected chi connectivity index (χ3v) is 6.11. The number of alkyl halides is 3. The van der Waals surface area contributed by atoms with Gasteiger partial charge in [0.05, 0.1) is 22.7 Å². The third-order valence-electron chi connectivity index (χ3n) is 6.11. The molecule has 2 amide bonds. The molecule has 0 bridgehead atoms. The normalized spacial score (nSPS) is 17.9. The van der Waals surface area contributed by atoms with Gasteiger partial charge in [0, 0.05) is 24.0 Å². The Balaban J connectivity index is 1.49. The van der Waals surface area contributed by atoms with Crippen LogP contribution in [0.4, 0.5) is 23.2 Å². The highest BCUT2D eigenvalue weighted by molar-refractivity contribution is 5.97. The lowest BCUT2D eigenvalue weighted by molar-refractivity contribution is -0.140. The van der Waals surface area contributed by atoms with Crippen molar-refractivity contribution in [3.8, 4) is 17.3 Å². The Bertz CT molecular complexity index is 1340. The summed E-state index contributed by atoms with van der Waals surface area (Å²) in [6, 6.07) is 7.62. The highest BCUT2D eigenvalue weighted by atomic mass is 19.4. The van der Waals surface area contributed by atoms with E-state index in [-0.39, 0.29) is 46.3 Å². The maximum Gasteiger partial charge on any atom is 0.435 e. The van der Waals surface area contributed by atoms with Crippen molar-refractivity contribution in [1.29, 1.82) is 5.26 Å². The second-order valence-electron chi connectivity index (χ2n) is 8.29. The molecular formula is C23H20F4N6O2. The van der Waals surface area contributed by atoms with Crippen molar-refractivity contribution in [2.75, 3.05) is 11.9 Å². The van der Waals surface area contributed by atoms with Crippen LogP contribution in [0.2, 0.25) is 0 Å². The van der Waals surface area contributed by atoms with Gasteiger partial charge in [-0.05, 0) is 50.6 Å². The van der Waals surface area contributed by atoms with Crippen LogP contribution in [0.5, 0.6) is 0 Å². The number of amides is 2. The van der Waals surface area contributed by atoms with Gasteiger partial charge in [-0.2, -0.15) is 23.5 Å². The molecule has 1 aliphatic rings. The molecule has 1 saturated heterocycles. The number of hydrogen-bond acceptors (Lipinski definition) is 4. The summed E-state index contributed by atoms with van der Waals surface area (Å²) in [6.45, 7) is 3.41. The van der Waals surface area contributed by atoms with E-state index in [0.717, 1.165) is 6.07 Å². The number of aromatic nitrogens is 3. The fourth-order valence-corrected chi connectivity index (χ4v) is 4.28. The molecule has 1 fully saturated rings. The molecule has 0 radical (unpaired) electrons. The number of nitrogens with one attached hydrogen (secondary N) is 3. The second-order valence-corrected chi connectivity index (χ2v) is 8.29. The molecule has 3 heterocycles. The fraction of sp³-hybridized carbons (Fsp3) is 0.304. The molecule has 3 aromatic rings. The number of H-pyrrole nitrogens is 2. The Morgan fingerprint density at radius 2 is 2.00 bits per heavy atom. The number of aryl methyl sites for hydroxylation is 1. The molecule has 0 saturated carbocycles. The average Bonchev–Trinajstić information content (AvgIpc) is 3.52. The monoisotopic (exact) mass is 488 g/mol. The molecule has 1 aromatic carbocycles. The summed E-state index contributed by atoms with van der Waals surface area (Å²) in [4.78, 5) is 30.1. The SMILES string of the molecule is Cc1[nH]nc(C(F)(F)F)c1-c1ccc(C(=O)N2CC[C@H](C(=O)Nc3ccc(F)c(C#N)c3)[C@@H]2C)[nH]1. The summed E-state index contributed by atoms with van der Waals surface area (Å²) >= 11 is 0. The molecule has 1 aliphatic heterocycles. The Hall–Kier alpha value is -4.14. The van der Waals surface area contributed by atoms with E-state index in [1.165, 1.54) is 36.1 Å². The van der Waals surface area contributed by atoms with Gasteiger partial charge in [0.15, 0.2) is 5.69 Å². The molecule has 12 heteroatoms. The van der Waals surface area contributed by atoms with E-state index in [0.29, 0.717) is 6.42 Å². The van der Waals surface area contributed by atoms with Crippen molar-refractivity contribution in [1.82, 2.24) is 20.1 Å². The zero-order chi connectivity index (χ0) is 25.5. The number of anilines is 1. The van der Waals surface area contributed by atoms with E-state index >= 15 is 0 Å². The zero-order valence-electron chi connectivity index (χ0n) is 18.6. The topological polar surface area (TPSA) is 118 Å². The van der Waals surface area contributed by atoms with E-state index in [4.69, 9.17) is 5.26 Å². The first-order chi connectivity index (χ1) is 16.5. The number of aromatic amines is 2. The minimum Gasteiger partial charge on any atom is -0.350 e. The number of halogens is 4. The molecular weight excluding hydrogens is 468 g/mol. The molecule has 0 spiro atoms. The minimum atomic E-state index is -4.67. The lowest BCUT2D eigenvalue weighted by Gasteiger charge is -2.24. The molecule has 2 atom stereocenters. The Labute approximate surface area is 196 Å². The maximum absolute atomic E-state index is 13.5. The van der Waals surface area contributed by atoms with Crippen molar-refractivity contribution in [2.45, 2.75) is 32.5 Å². The number of nitrogens with zero attached hydrogens (tertiary/aromatic N) is 3. The number of nitriles is 1. The summed E-state index contributed by atoms with van der Waals surface area (Å²) < 4.78 is 53.4. The van der Waals surface area contributed by atoms with Gasteiger partial charge in [-0.25, -0.2) is 4.39 Å². The van der Waals surface area contributed by atoms with Crippen molar-refractivity contribution < 1.29 is 27.2 Å². The maximum atomic E-state index is 13.5. The number of hydrogen-bond donors (Lipinski definition) is 3. The van der Waals surface area contributed by atoms with Gasteiger partial charge in [0.2, 0.25) is 5.91 Å². The molecule has 3 N–H and O–H groups in total. The number of benzene rings is 1. The van der Waals surface area contributed by atoms with Crippen molar-refractivity contribution in [3.63, 3.8) is 0 Å². The van der Waals surface area contributed by atoms with Crippen LogP contribution in [-0.2, 0) is 11.0 Å². The van der Waals surface area contributed by atoms with Crippen LogP contribution in [0.3, 0.4) is 0 Å². The standard InChI is InChI=1S/C23H20F4N6O2/c1-11-19(20(32-31-11)23(25,26)27)17-5-6-18(30-17)22(35)33-8-7-15(12(33)2)21(34)29-14-3-4-16(24)13(9-14)10-28/h3-6,9,12,15,30H,7-8H2,1-2H3,(H,29,34)(H,31,32)/t12-,15-/m0/s1. The van der Waals surface area contributed by atoms with Gasteiger partial charge in [-0.1, -0.05) is 0 Å². The van der Waals surface area contributed by atoms with Crippen LogP contribution in [0, 0.1) is 30.0 Å². The predicted octanol–water partition coefficient (Wildman–Crippen LogP) is 4.23. The molecule has 8 nitrogen and oxygen atoms in total. The third kappa shape index (κ3) is 4.49. The minimum absolute atomic E-state index is 0.0822. The Morgan fingerprint density at radius 3 is 2.69 bits per heavy atom. The summed E-state index contributed by atoms with van der Waals surface area (Å²) in [6.07, 6.45) is -4.31. The molecule has 2 aromatic heterocycles. The highest BCUT2D eigenvalue weighted by Crippen LogP contribution is 2.37.